The van der Waals surface area contributed by atoms with E-state index in [0.717, 1.165) is 0 Å². The Morgan fingerprint density at radius 2 is 1.74 bits per heavy atom. The Balaban J connectivity index is 1.91. The first-order chi connectivity index (χ1) is 10.8. The van der Waals surface area contributed by atoms with Crippen LogP contribution in [-0.4, -0.2) is 47.2 Å². The summed E-state index contributed by atoms with van der Waals surface area (Å²) in [4.78, 5) is 25.6. The Morgan fingerprint density at radius 3 is 2.22 bits per heavy atom. The summed E-state index contributed by atoms with van der Waals surface area (Å²) < 4.78 is 5.81. The van der Waals surface area contributed by atoms with E-state index in [-0.39, 0.29) is 12.0 Å². The van der Waals surface area contributed by atoms with Gasteiger partial charge in [-0.2, -0.15) is 0 Å². The molecular weight excluding hydrogens is 294 g/mol. The van der Waals surface area contributed by atoms with E-state index in [1.54, 1.807) is 0 Å². The molecule has 1 aromatic rings. The van der Waals surface area contributed by atoms with Crippen LogP contribution in [0.25, 0.3) is 0 Å². The number of amides is 1. The van der Waals surface area contributed by atoms with E-state index in [0.29, 0.717) is 31.5 Å². The molecule has 1 aliphatic heterocycles. The van der Waals surface area contributed by atoms with Crippen molar-refractivity contribution in [1.82, 2.24) is 4.90 Å². The van der Waals surface area contributed by atoms with Crippen molar-refractivity contribution in [1.29, 1.82) is 0 Å². The molecule has 1 atom stereocenters. The van der Waals surface area contributed by atoms with E-state index in [9.17, 15) is 14.7 Å². The molecule has 1 amide bonds. The van der Waals surface area contributed by atoms with Gasteiger partial charge in [0.05, 0.1) is 6.10 Å². The van der Waals surface area contributed by atoms with Crippen molar-refractivity contribution >= 4 is 11.9 Å². The highest BCUT2D eigenvalue weighted by Crippen LogP contribution is 2.27. The number of likely N-dealkylation sites (tertiary alicyclic amines) is 1. The SMILES string of the molecule is CC(C)(C)C(OC1CCN(C(=O)c2ccccc2)CC1)C(=O)O. The maximum atomic E-state index is 12.4. The lowest BCUT2D eigenvalue weighted by atomic mass is 9.88. The van der Waals surface area contributed by atoms with Gasteiger partial charge in [-0.15, -0.1) is 0 Å². The number of nitrogens with zero attached hydrogens (tertiary/aromatic N) is 1. The molecule has 1 fully saturated rings. The fraction of sp³-hybridized carbons (Fsp3) is 0.556. The molecule has 0 radical (unpaired) electrons. The van der Waals surface area contributed by atoms with Gasteiger partial charge in [-0.25, -0.2) is 4.79 Å². The standard InChI is InChI=1S/C18H25NO4/c1-18(2,3)15(17(21)22)23-14-9-11-19(12-10-14)16(20)13-7-5-4-6-8-13/h4-8,14-15H,9-12H2,1-3H3,(H,21,22). The highest BCUT2D eigenvalue weighted by Gasteiger charge is 2.35. The van der Waals surface area contributed by atoms with Crippen molar-refractivity contribution in [2.75, 3.05) is 13.1 Å². The first-order valence-corrected chi connectivity index (χ1v) is 8.01. The van der Waals surface area contributed by atoms with E-state index in [2.05, 4.69) is 0 Å². The first-order valence-electron chi connectivity index (χ1n) is 8.01. The highest BCUT2D eigenvalue weighted by molar-refractivity contribution is 5.94. The van der Waals surface area contributed by atoms with E-state index in [4.69, 9.17) is 4.74 Å². The van der Waals surface area contributed by atoms with E-state index in [1.807, 2.05) is 56.0 Å². The average molecular weight is 319 g/mol. The van der Waals surface area contributed by atoms with Gasteiger partial charge in [-0.3, -0.25) is 4.79 Å². The third-order valence-corrected chi connectivity index (χ3v) is 4.09. The van der Waals surface area contributed by atoms with Crippen LogP contribution in [0.2, 0.25) is 0 Å². The van der Waals surface area contributed by atoms with Crippen molar-refractivity contribution in [3.05, 3.63) is 35.9 Å². The number of carbonyl (C=O) groups excluding carboxylic acids is 1. The Morgan fingerprint density at radius 1 is 1.17 bits per heavy atom. The number of piperidine rings is 1. The van der Waals surface area contributed by atoms with Crippen LogP contribution in [0.1, 0.15) is 44.0 Å². The first kappa shape index (κ1) is 17.5. The number of ether oxygens (including phenoxy) is 1. The number of benzene rings is 1. The Labute approximate surface area is 137 Å². The van der Waals surface area contributed by atoms with Crippen LogP contribution in [0, 0.1) is 5.41 Å². The molecule has 1 saturated heterocycles. The molecule has 1 aromatic carbocycles. The van der Waals surface area contributed by atoms with Gasteiger partial charge in [0.25, 0.3) is 5.91 Å². The topological polar surface area (TPSA) is 66.8 Å². The van der Waals surface area contributed by atoms with Crippen molar-refractivity contribution in [3.8, 4) is 0 Å². The third kappa shape index (κ3) is 4.55. The summed E-state index contributed by atoms with van der Waals surface area (Å²) in [5, 5.41) is 9.34. The molecule has 1 heterocycles. The summed E-state index contributed by atoms with van der Waals surface area (Å²) in [6, 6.07) is 9.21. The Kier molecular flexibility index (Phi) is 5.42. The third-order valence-electron chi connectivity index (χ3n) is 4.09. The zero-order valence-corrected chi connectivity index (χ0v) is 14.0. The van der Waals surface area contributed by atoms with Crippen molar-refractivity contribution < 1.29 is 19.4 Å². The lowest BCUT2D eigenvalue weighted by Crippen LogP contribution is -2.45. The molecule has 5 nitrogen and oxygen atoms in total. The number of hydrogen-bond donors (Lipinski definition) is 1. The van der Waals surface area contributed by atoms with Crippen LogP contribution in [0.4, 0.5) is 0 Å². The van der Waals surface area contributed by atoms with Gasteiger partial charge in [0.1, 0.15) is 0 Å². The number of carboxylic acids is 1. The van der Waals surface area contributed by atoms with Gasteiger partial charge < -0.3 is 14.7 Å². The largest absolute Gasteiger partial charge is 0.479 e. The van der Waals surface area contributed by atoms with Gasteiger partial charge in [-0.05, 0) is 30.4 Å². The van der Waals surface area contributed by atoms with Crippen LogP contribution in [0.3, 0.4) is 0 Å². The second-order valence-corrected chi connectivity index (χ2v) is 7.08. The number of rotatable bonds is 4. The average Bonchev–Trinajstić information content (AvgIpc) is 2.52. The predicted molar refractivity (Wildman–Crippen MR) is 87.3 cm³/mol. The number of aliphatic carboxylic acids is 1. The van der Waals surface area contributed by atoms with Crippen molar-refractivity contribution in [2.45, 2.75) is 45.8 Å². The smallest absolute Gasteiger partial charge is 0.333 e. The van der Waals surface area contributed by atoms with Crippen LogP contribution in [-0.2, 0) is 9.53 Å². The summed E-state index contributed by atoms with van der Waals surface area (Å²) in [6.45, 7) is 6.77. The molecule has 0 saturated carbocycles. The monoisotopic (exact) mass is 319 g/mol. The zero-order chi connectivity index (χ0) is 17.0. The second kappa shape index (κ2) is 7.13. The van der Waals surface area contributed by atoms with Crippen LogP contribution >= 0.6 is 0 Å². The van der Waals surface area contributed by atoms with Gasteiger partial charge >= 0.3 is 5.97 Å². The molecule has 2 rings (SSSR count). The molecule has 1 aliphatic rings. The van der Waals surface area contributed by atoms with Gasteiger partial charge in [0.15, 0.2) is 6.10 Å². The minimum Gasteiger partial charge on any atom is -0.479 e. The summed E-state index contributed by atoms with van der Waals surface area (Å²) in [6.07, 6.45) is 0.385. The van der Waals surface area contributed by atoms with E-state index >= 15 is 0 Å². The van der Waals surface area contributed by atoms with E-state index in [1.165, 1.54) is 0 Å². The second-order valence-electron chi connectivity index (χ2n) is 7.08. The van der Waals surface area contributed by atoms with Gasteiger partial charge in [-0.1, -0.05) is 39.0 Å². The number of carbonyl (C=O) groups is 2. The van der Waals surface area contributed by atoms with Crippen LogP contribution in [0.5, 0.6) is 0 Å². The molecule has 0 bridgehead atoms. The summed E-state index contributed by atoms with van der Waals surface area (Å²) >= 11 is 0. The molecular formula is C18H25NO4. The minimum absolute atomic E-state index is 0.0228. The highest BCUT2D eigenvalue weighted by atomic mass is 16.5. The summed E-state index contributed by atoms with van der Waals surface area (Å²) in [5.41, 5.74) is 0.230. The molecule has 0 spiro atoms. The molecule has 1 unspecified atom stereocenters. The Bertz CT molecular complexity index is 542. The zero-order valence-electron chi connectivity index (χ0n) is 14.0. The van der Waals surface area contributed by atoms with E-state index < -0.39 is 17.5 Å². The van der Waals surface area contributed by atoms with Gasteiger partial charge in [0.2, 0.25) is 0 Å². The molecule has 0 aromatic heterocycles. The molecule has 1 N–H and O–H groups in total. The maximum absolute atomic E-state index is 12.4. The number of hydrogen-bond acceptors (Lipinski definition) is 3. The molecule has 23 heavy (non-hydrogen) atoms. The predicted octanol–water partition coefficient (Wildman–Crippen LogP) is 2.81. The normalized spacial score (nSPS) is 17.8. The minimum atomic E-state index is -0.930. The fourth-order valence-electron chi connectivity index (χ4n) is 2.78. The molecule has 5 heteroatoms. The fourth-order valence-corrected chi connectivity index (χ4v) is 2.78. The summed E-state index contributed by atoms with van der Waals surface area (Å²) in [7, 11) is 0. The van der Waals surface area contributed by atoms with Crippen molar-refractivity contribution in [3.63, 3.8) is 0 Å². The van der Waals surface area contributed by atoms with Crippen LogP contribution in [0.15, 0.2) is 30.3 Å². The lowest BCUT2D eigenvalue weighted by molar-refractivity contribution is -0.166. The quantitative estimate of drug-likeness (QED) is 0.926. The summed E-state index contributed by atoms with van der Waals surface area (Å²) in [5.74, 6) is -0.907. The Hall–Kier alpha value is -1.88. The molecule has 126 valence electrons. The van der Waals surface area contributed by atoms with Crippen LogP contribution < -0.4 is 0 Å². The van der Waals surface area contributed by atoms with Gasteiger partial charge in [0, 0.05) is 18.7 Å². The van der Waals surface area contributed by atoms with Crippen molar-refractivity contribution in [2.24, 2.45) is 5.41 Å². The number of carboxylic acid groups (broad SMARTS) is 1. The molecule has 0 aliphatic carbocycles. The lowest BCUT2D eigenvalue weighted by Gasteiger charge is -2.36. The maximum Gasteiger partial charge on any atom is 0.333 e.